The van der Waals surface area contributed by atoms with E-state index in [9.17, 15) is 0 Å². The molecule has 19 heavy (non-hydrogen) atoms. The molecule has 0 spiro atoms. The lowest BCUT2D eigenvalue weighted by molar-refractivity contribution is 1.21. The zero-order chi connectivity index (χ0) is 13.0. The van der Waals surface area contributed by atoms with E-state index in [0.29, 0.717) is 5.82 Å². The van der Waals surface area contributed by atoms with E-state index in [1.54, 1.807) is 22.7 Å². The average Bonchev–Trinajstić information content (AvgIpc) is 3.08. The lowest BCUT2D eigenvalue weighted by Gasteiger charge is -1.98. The summed E-state index contributed by atoms with van der Waals surface area (Å²) in [6, 6.07) is 4.20. The van der Waals surface area contributed by atoms with Gasteiger partial charge in [0, 0.05) is 27.2 Å². The maximum Gasteiger partial charge on any atom is 0.147 e. The van der Waals surface area contributed by atoms with Gasteiger partial charge in [0.2, 0.25) is 0 Å². The van der Waals surface area contributed by atoms with Crippen molar-refractivity contribution in [3.8, 4) is 11.3 Å². The third-order valence-electron chi connectivity index (χ3n) is 3.37. The van der Waals surface area contributed by atoms with Crippen LogP contribution in [0.25, 0.3) is 27.0 Å². The Kier molecular flexibility index (Phi) is 2.22. The van der Waals surface area contributed by atoms with Crippen molar-refractivity contribution in [3.05, 3.63) is 40.0 Å². The van der Waals surface area contributed by atoms with Gasteiger partial charge in [-0.15, -0.1) is 11.3 Å². The summed E-state index contributed by atoms with van der Waals surface area (Å²) in [4.78, 5) is 4.77. The van der Waals surface area contributed by atoms with Gasteiger partial charge < -0.3 is 5.73 Å². The first-order valence-electron chi connectivity index (χ1n) is 5.92. The van der Waals surface area contributed by atoms with E-state index in [-0.39, 0.29) is 0 Å². The Morgan fingerprint density at radius 3 is 2.95 bits per heavy atom. The Balaban J connectivity index is 2.13. The fourth-order valence-corrected chi connectivity index (χ4v) is 3.97. The quantitative estimate of drug-likeness (QED) is 0.570. The number of hydrogen-bond acceptors (Lipinski definition) is 4. The highest BCUT2D eigenvalue weighted by Crippen LogP contribution is 2.34. The van der Waals surface area contributed by atoms with Gasteiger partial charge in [-0.2, -0.15) is 11.3 Å². The molecule has 0 saturated heterocycles. The fraction of sp³-hybridized carbons (Fsp3) is 0.0714. The summed E-state index contributed by atoms with van der Waals surface area (Å²) in [7, 11) is 0. The van der Waals surface area contributed by atoms with E-state index in [2.05, 4.69) is 35.2 Å². The summed E-state index contributed by atoms with van der Waals surface area (Å²) in [5, 5.41) is 7.49. The fourth-order valence-electron chi connectivity index (χ4n) is 2.36. The first kappa shape index (κ1) is 11.0. The zero-order valence-electron chi connectivity index (χ0n) is 10.3. The molecule has 4 aromatic rings. The monoisotopic (exact) mass is 285 g/mol. The van der Waals surface area contributed by atoms with Gasteiger partial charge in [-0.05, 0) is 35.4 Å². The first-order chi connectivity index (χ1) is 9.25. The van der Waals surface area contributed by atoms with E-state index >= 15 is 0 Å². The molecule has 4 aromatic heterocycles. The Labute approximate surface area is 117 Å². The molecule has 0 atom stereocenters. The molecular weight excluding hydrogens is 274 g/mol. The highest BCUT2D eigenvalue weighted by Gasteiger charge is 2.15. The Bertz CT molecular complexity index is 898. The largest absolute Gasteiger partial charge is 0.383 e. The number of nitrogens with two attached hydrogens (primary N) is 1. The molecule has 5 heteroatoms. The van der Waals surface area contributed by atoms with Crippen LogP contribution in [0.15, 0.2) is 34.5 Å². The number of nitrogen functional groups attached to an aromatic ring is 1. The number of fused-ring (bicyclic) bond motifs is 3. The lowest BCUT2D eigenvalue weighted by atomic mass is 10.1. The minimum atomic E-state index is 0.713. The Hall–Kier alpha value is -1.85. The van der Waals surface area contributed by atoms with Crippen LogP contribution in [-0.2, 0) is 0 Å². The Morgan fingerprint density at radius 1 is 1.26 bits per heavy atom. The van der Waals surface area contributed by atoms with Gasteiger partial charge in [0.25, 0.3) is 0 Å². The normalized spacial score (nSPS) is 11.6. The van der Waals surface area contributed by atoms with Gasteiger partial charge in [-0.25, -0.2) is 4.98 Å². The van der Waals surface area contributed by atoms with Gasteiger partial charge in [-0.1, -0.05) is 0 Å². The van der Waals surface area contributed by atoms with Crippen molar-refractivity contribution in [1.82, 2.24) is 9.38 Å². The van der Waals surface area contributed by atoms with Gasteiger partial charge >= 0.3 is 0 Å². The molecule has 0 radical (unpaired) electrons. The van der Waals surface area contributed by atoms with Crippen molar-refractivity contribution in [2.24, 2.45) is 0 Å². The van der Waals surface area contributed by atoms with Crippen molar-refractivity contribution in [3.63, 3.8) is 0 Å². The number of rotatable bonds is 1. The molecule has 2 N–H and O–H groups in total. The molecule has 0 aliphatic rings. The van der Waals surface area contributed by atoms with E-state index in [1.807, 2.05) is 10.6 Å². The summed E-state index contributed by atoms with van der Waals surface area (Å²) in [6.45, 7) is 2.09. The molecule has 0 aliphatic carbocycles. The molecular formula is C14H11N3S2. The highest BCUT2D eigenvalue weighted by atomic mass is 32.1. The topological polar surface area (TPSA) is 43.3 Å². The van der Waals surface area contributed by atoms with Crippen molar-refractivity contribution in [2.45, 2.75) is 6.92 Å². The van der Waals surface area contributed by atoms with E-state index in [1.165, 1.54) is 15.6 Å². The van der Waals surface area contributed by atoms with Crippen LogP contribution in [0, 0.1) is 6.92 Å². The molecule has 4 heterocycles. The predicted molar refractivity (Wildman–Crippen MR) is 83.0 cm³/mol. The highest BCUT2D eigenvalue weighted by molar-refractivity contribution is 7.17. The molecule has 0 bridgehead atoms. The van der Waals surface area contributed by atoms with Crippen molar-refractivity contribution < 1.29 is 0 Å². The number of imidazole rings is 1. The number of aromatic nitrogens is 2. The van der Waals surface area contributed by atoms with Gasteiger partial charge in [0.05, 0.1) is 0 Å². The van der Waals surface area contributed by atoms with Crippen LogP contribution in [0.5, 0.6) is 0 Å². The van der Waals surface area contributed by atoms with Gasteiger partial charge in [0.1, 0.15) is 17.2 Å². The maximum atomic E-state index is 6.27. The molecule has 0 aliphatic heterocycles. The number of anilines is 1. The SMILES string of the molecule is Cc1cscc1-c1nc2c3ccsc3ccn2c1N. The third kappa shape index (κ3) is 1.45. The summed E-state index contributed by atoms with van der Waals surface area (Å²) < 4.78 is 3.22. The molecule has 94 valence electrons. The van der Waals surface area contributed by atoms with E-state index in [4.69, 9.17) is 10.7 Å². The summed E-state index contributed by atoms with van der Waals surface area (Å²) in [5.41, 5.74) is 10.5. The molecule has 4 rings (SSSR count). The molecule has 0 amide bonds. The van der Waals surface area contributed by atoms with Crippen LogP contribution >= 0.6 is 22.7 Å². The van der Waals surface area contributed by atoms with Crippen molar-refractivity contribution in [2.75, 3.05) is 5.73 Å². The predicted octanol–water partition coefficient (Wildman–Crippen LogP) is 4.17. The number of pyridine rings is 1. The van der Waals surface area contributed by atoms with Crippen LogP contribution in [0.2, 0.25) is 0 Å². The number of nitrogens with zero attached hydrogens (tertiary/aromatic N) is 2. The minimum absolute atomic E-state index is 0.713. The van der Waals surface area contributed by atoms with Crippen LogP contribution in [0.4, 0.5) is 5.82 Å². The molecule has 0 unspecified atom stereocenters. The summed E-state index contributed by atoms with van der Waals surface area (Å²) in [6.07, 6.45) is 2.00. The van der Waals surface area contributed by atoms with E-state index in [0.717, 1.165) is 16.9 Å². The summed E-state index contributed by atoms with van der Waals surface area (Å²) >= 11 is 3.41. The number of thiophene rings is 2. The van der Waals surface area contributed by atoms with Crippen LogP contribution in [0.3, 0.4) is 0 Å². The van der Waals surface area contributed by atoms with Gasteiger partial charge in [-0.3, -0.25) is 4.40 Å². The second-order valence-corrected chi connectivity index (χ2v) is 6.21. The molecule has 3 nitrogen and oxygen atoms in total. The Morgan fingerprint density at radius 2 is 2.16 bits per heavy atom. The maximum absolute atomic E-state index is 6.27. The van der Waals surface area contributed by atoms with E-state index < -0.39 is 0 Å². The molecule has 0 fully saturated rings. The zero-order valence-corrected chi connectivity index (χ0v) is 11.9. The molecule has 0 aromatic carbocycles. The third-order valence-corrected chi connectivity index (χ3v) is 5.11. The second-order valence-electron chi connectivity index (χ2n) is 4.52. The number of aryl methyl sites for hydroxylation is 1. The van der Waals surface area contributed by atoms with Crippen LogP contribution in [-0.4, -0.2) is 9.38 Å². The van der Waals surface area contributed by atoms with Crippen LogP contribution < -0.4 is 5.73 Å². The standard InChI is InChI=1S/C14H11N3S2/c1-8-6-18-7-10(8)12-13(15)17-4-2-11-9(3-5-19-11)14(17)16-12/h2-7H,15H2,1H3. The average molecular weight is 285 g/mol. The lowest BCUT2D eigenvalue weighted by Crippen LogP contribution is -1.93. The second kappa shape index (κ2) is 3.82. The molecule has 0 saturated carbocycles. The first-order valence-corrected chi connectivity index (χ1v) is 7.75. The number of hydrogen-bond donors (Lipinski definition) is 1. The van der Waals surface area contributed by atoms with Crippen LogP contribution in [0.1, 0.15) is 5.56 Å². The van der Waals surface area contributed by atoms with Gasteiger partial charge in [0.15, 0.2) is 0 Å². The smallest absolute Gasteiger partial charge is 0.147 e. The minimum Gasteiger partial charge on any atom is -0.383 e. The van der Waals surface area contributed by atoms with Crippen molar-refractivity contribution >= 4 is 44.2 Å². The summed E-state index contributed by atoms with van der Waals surface area (Å²) in [5.74, 6) is 0.713. The van der Waals surface area contributed by atoms with Crippen molar-refractivity contribution in [1.29, 1.82) is 0 Å².